The number of benzene rings is 1. The normalized spacial score (nSPS) is 16.8. The highest BCUT2D eigenvalue weighted by Gasteiger charge is 2.16. The maximum Gasteiger partial charge on any atom is 0.251 e. The van der Waals surface area contributed by atoms with Gasteiger partial charge in [0.2, 0.25) is 0 Å². The highest BCUT2D eigenvalue weighted by Crippen LogP contribution is 2.24. The zero-order valence-corrected chi connectivity index (χ0v) is 14.4. The Labute approximate surface area is 150 Å². The number of hydrogen-bond donors (Lipinski definition) is 2. The van der Waals surface area contributed by atoms with Gasteiger partial charge in [0.25, 0.3) is 5.91 Å². The van der Waals surface area contributed by atoms with Crippen molar-refractivity contribution in [2.45, 2.75) is 18.9 Å². The van der Waals surface area contributed by atoms with Gasteiger partial charge in [-0.2, -0.15) is 0 Å². The molecular weight excluding hydrogens is 349 g/mol. The number of anilines is 2. The topological polar surface area (TPSA) is 63.2 Å². The summed E-state index contributed by atoms with van der Waals surface area (Å²) in [6.45, 7) is 1.29. The lowest BCUT2D eigenvalue weighted by molar-refractivity contribution is 0.0857. The largest absolute Gasteiger partial charge is 0.376 e. The summed E-state index contributed by atoms with van der Waals surface area (Å²) in [7, 11) is 0. The van der Waals surface area contributed by atoms with Crippen LogP contribution in [0.5, 0.6) is 0 Å². The number of rotatable bonds is 5. The Bertz CT molecular complexity index is 713. The molecule has 3 rings (SSSR count). The molecular formula is C17H17Cl2N3O2. The molecule has 2 heterocycles. The molecule has 1 saturated heterocycles. The summed E-state index contributed by atoms with van der Waals surface area (Å²) in [5, 5.41) is 7.03. The summed E-state index contributed by atoms with van der Waals surface area (Å²) in [6.07, 6.45) is 3.72. The molecule has 5 nitrogen and oxygen atoms in total. The summed E-state index contributed by atoms with van der Waals surface area (Å²) < 4.78 is 5.50. The fraction of sp³-hybridized carbons (Fsp3) is 0.294. The molecule has 1 aliphatic heterocycles. The van der Waals surface area contributed by atoms with Crippen molar-refractivity contribution in [1.29, 1.82) is 0 Å². The minimum absolute atomic E-state index is 0.113. The summed E-state index contributed by atoms with van der Waals surface area (Å²) in [6, 6.07) is 8.47. The minimum atomic E-state index is -0.153. The number of pyridine rings is 1. The fourth-order valence-corrected chi connectivity index (χ4v) is 3.05. The van der Waals surface area contributed by atoms with E-state index >= 15 is 0 Å². The number of carbonyl (C=O) groups is 1. The Balaban J connectivity index is 1.65. The van der Waals surface area contributed by atoms with Crippen molar-refractivity contribution in [3.63, 3.8) is 0 Å². The van der Waals surface area contributed by atoms with E-state index < -0.39 is 0 Å². The average Bonchev–Trinajstić information content (AvgIpc) is 3.05. The maximum absolute atomic E-state index is 12.2. The molecule has 7 heteroatoms. The lowest BCUT2D eigenvalue weighted by atomic mass is 10.2. The fourth-order valence-electron chi connectivity index (χ4n) is 2.53. The van der Waals surface area contributed by atoms with Gasteiger partial charge in [0, 0.05) is 40.6 Å². The molecule has 0 bridgehead atoms. The minimum Gasteiger partial charge on any atom is -0.376 e. The lowest BCUT2D eigenvalue weighted by Crippen LogP contribution is -2.31. The van der Waals surface area contributed by atoms with Crippen LogP contribution < -0.4 is 10.6 Å². The zero-order chi connectivity index (χ0) is 16.9. The summed E-state index contributed by atoms with van der Waals surface area (Å²) >= 11 is 12.0. The number of nitrogens with zero attached hydrogens (tertiary/aromatic N) is 1. The first-order valence-electron chi connectivity index (χ1n) is 7.69. The molecule has 1 aromatic heterocycles. The predicted molar refractivity (Wildman–Crippen MR) is 95.3 cm³/mol. The number of halogens is 2. The first kappa shape index (κ1) is 17.0. The number of nitrogens with one attached hydrogen (secondary N) is 2. The SMILES string of the molecule is O=C(NCC1CCCO1)c1ccnc(Nc2cc(Cl)cc(Cl)c2)c1. The van der Waals surface area contributed by atoms with E-state index in [1.807, 2.05) is 0 Å². The second-order valence-electron chi connectivity index (χ2n) is 5.56. The van der Waals surface area contributed by atoms with E-state index in [9.17, 15) is 4.79 Å². The van der Waals surface area contributed by atoms with Crippen molar-refractivity contribution >= 4 is 40.6 Å². The van der Waals surface area contributed by atoms with Crippen LogP contribution in [0.3, 0.4) is 0 Å². The van der Waals surface area contributed by atoms with Crippen LogP contribution in [-0.4, -0.2) is 30.1 Å². The Hall–Kier alpha value is -1.82. The Morgan fingerprint density at radius 3 is 2.75 bits per heavy atom. The van der Waals surface area contributed by atoms with Gasteiger partial charge in [-0.05, 0) is 43.2 Å². The third-order valence-electron chi connectivity index (χ3n) is 3.67. The standard InChI is InChI=1S/C17H17Cl2N3O2/c18-12-7-13(19)9-14(8-12)22-16-6-11(3-4-20-16)17(23)21-10-15-2-1-5-24-15/h3-4,6-9,15H,1-2,5,10H2,(H,20,22)(H,21,23). The molecule has 126 valence electrons. The first-order chi connectivity index (χ1) is 11.6. The van der Waals surface area contributed by atoms with Crippen LogP contribution in [0.2, 0.25) is 10.0 Å². The quantitative estimate of drug-likeness (QED) is 0.838. The van der Waals surface area contributed by atoms with Crippen molar-refractivity contribution in [2.75, 3.05) is 18.5 Å². The molecule has 1 unspecified atom stereocenters. The predicted octanol–water partition coefficient (Wildman–Crippen LogP) is 4.04. The van der Waals surface area contributed by atoms with Crippen molar-refractivity contribution in [3.8, 4) is 0 Å². The molecule has 1 aliphatic rings. The maximum atomic E-state index is 12.2. The van der Waals surface area contributed by atoms with E-state index in [1.54, 1.807) is 36.5 Å². The number of aromatic nitrogens is 1. The van der Waals surface area contributed by atoms with Gasteiger partial charge >= 0.3 is 0 Å². The smallest absolute Gasteiger partial charge is 0.251 e. The lowest BCUT2D eigenvalue weighted by Gasteiger charge is -2.11. The Morgan fingerprint density at radius 2 is 2.04 bits per heavy atom. The van der Waals surface area contributed by atoms with Gasteiger partial charge < -0.3 is 15.4 Å². The van der Waals surface area contributed by atoms with Crippen LogP contribution in [0.15, 0.2) is 36.5 Å². The molecule has 1 atom stereocenters. The molecule has 1 amide bonds. The van der Waals surface area contributed by atoms with Gasteiger partial charge in [-0.3, -0.25) is 4.79 Å². The monoisotopic (exact) mass is 365 g/mol. The second-order valence-corrected chi connectivity index (χ2v) is 6.43. The number of carbonyl (C=O) groups excluding carboxylic acids is 1. The Morgan fingerprint density at radius 1 is 1.25 bits per heavy atom. The molecule has 0 saturated carbocycles. The van der Waals surface area contributed by atoms with Crippen LogP contribution in [-0.2, 0) is 4.74 Å². The van der Waals surface area contributed by atoms with Crippen LogP contribution in [0.1, 0.15) is 23.2 Å². The third kappa shape index (κ3) is 4.60. The van der Waals surface area contributed by atoms with E-state index in [1.165, 1.54) is 0 Å². The number of ether oxygens (including phenoxy) is 1. The van der Waals surface area contributed by atoms with Gasteiger partial charge in [0.05, 0.1) is 6.10 Å². The van der Waals surface area contributed by atoms with Crippen molar-refractivity contribution in [2.24, 2.45) is 0 Å². The number of amides is 1. The number of hydrogen-bond acceptors (Lipinski definition) is 4. The molecule has 1 fully saturated rings. The zero-order valence-electron chi connectivity index (χ0n) is 12.9. The Kier molecular flexibility index (Phi) is 5.56. The van der Waals surface area contributed by atoms with Gasteiger partial charge in [-0.15, -0.1) is 0 Å². The summed E-state index contributed by atoms with van der Waals surface area (Å²) in [5.41, 5.74) is 1.23. The average molecular weight is 366 g/mol. The molecule has 0 spiro atoms. The molecule has 2 aromatic rings. The molecule has 0 radical (unpaired) electrons. The molecule has 0 aliphatic carbocycles. The summed E-state index contributed by atoms with van der Waals surface area (Å²) in [5.74, 6) is 0.387. The molecule has 24 heavy (non-hydrogen) atoms. The molecule has 2 N–H and O–H groups in total. The van der Waals surface area contributed by atoms with Crippen LogP contribution >= 0.6 is 23.2 Å². The van der Waals surface area contributed by atoms with E-state index in [0.717, 1.165) is 19.4 Å². The van der Waals surface area contributed by atoms with Gasteiger partial charge in [-0.25, -0.2) is 4.98 Å². The third-order valence-corrected chi connectivity index (χ3v) is 4.11. The van der Waals surface area contributed by atoms with E-state index in [2.05, 4.69) is 15.6 Å². The van der Waals surface area contributed by atoms with Crippen LogP contribution in [0.25, 0.3) is 0 Å². The van der Waals surface area contributed by atoms with Crippen LogP contribution in [0.4, 0.5) is 11.5 Å². The van der Waals surface area contributed by atoms with E-state index in [-0.39, 0.29) is 12.0 Å². The first-order valence-corrected chi connectivity index (χ1v) is 8.45. The van der Waals surface area contributed by atoms with Crippen LogP contribution in [0, 0.1) is 0 Å². The summed E-state index contributed by atoms with van der Waals surface area (Å²) in [4.78, 5) is 16.5. The van der Waals surface area contributed by atoms with E-state index in [4.69, 9.17) is 27.9 Å². The highest BCUT2D eigenvalue weighted by molar-refractivity contribution is 6.35. The van der Waals surface area contributed by atoms with Gasteiger partial charge in [0.15, 0.2) is 0 Å². The second kappa shape index (κ2) is 7.83. The van der Waals surface area contributed by atoms with Crippen molar-refractivity contribution in [1.82, 2.24) is 10.3 Å². The van der Waals surface area contributed by atoms with E-state index in [0.29, 0.717) is 33.7 Å². The van der Waals surface area contributed by atoms with Crippen molar-refractivity contribution in [3.05, 3.63) is 52.1 Å². The van der Waals surface area contributed by atoms with Gasteiger partial charge in [0.1, 0.15) is 5.82 Å². The van der Waals surface area contributed by atoms with Crippen molar-refractivity contribution < 1.29 is 9.53 Å². The molecule has 1 aromatic carbocycles. The highest BCUT2D eigenvalue weighted by atomic mass is 35.5. The van der Waals surface area contributed by atoms with Gasteiger partial charge in [-0.1, -0.05) is 23.2 Å².